The molecule has 0 aromatic carbocycles. The number of hydrogen-bond acceptors (Lipinski definition) is 3. The lowest BCUT2D eigenvalue weighted by Gasteiger charge is -2.06. The highest BCUT2D eigenvalue weighted by Gasteiger charge is 2.04. The maximum atomic E-state index is 12.8. The molecule has 17 heavy (non-hydrogen) atoms. The van der Waals surface area contributed by atoms with Crippen molar-refractivity contribution in [3.05, 3.63) is 33.9 Å². The first-order valence-corrected chi connectivity index (χ1v) is 6.03. The van der Waals surface area contributed by atoms with Crippen molar-refractivity contribution in [2.45, 2.75) is 26.9 Å². The van der Waals surface area contributed by atoms with Crippen LogP contribution >= 0.6 is 23.7 Å². The Morgan fingerprint density at radius 2 is 2.24 bits per heavy atom. The summed E-state index contributed by atoms with van der Waals surface area (Å²) in [4.78, 5) is 0.985. The van der Waals surface area contributed by atoms with Crippen molar-refractivity contribution < 1.29 is 4.39 Å². The number of thiophene rings is 1. The monoisotopic (exact) mass is 275 g/mol. The molecule has 6 heteroatoms. The third-order valence-corrected chi connectivity index (χ3v) is 3.15. The average Bonchev–Trinajstić information content (AvgIpc) is 2.81. The summed E-state index contributed by atoms with van der Waals surface area (Å²) in [5.41, 5.74) is 0.988. The van der Waals surface area contributed by atoms with Gasteiger partial charge in [-0.3, -0.25) is 0 Å². The number of nitrogens with one attached hydrogen (secondary N) is 1. The Morgan fingerprint density at radius 3 is 2.82 bits per heavy atom. The minimum Gasteiger partial charge on any atom is -0.365 e. The van der Waals surface area contributed by atoms with Gasteiger partial charge in [-0.05, 0) is 26.0 Å². The zero-order chi connectivity index (χ0) is 11.5. The lowest BCUT2D eigenvalue weighted by atomic mass is 10.4. The molecule has 0 unspecified atom stereocenters. The average molecular weight is 276 g/mol. The molecule has 0 atom stereocenters. The van der Waals surface area contributed by atoms with Crippen LogP contribution in [0, 0.1) is 12.1 Å². The second-order valence-corrected chi connectivity index (χ2v) is 4.66. The van der Waals surface area contributed by atoms with Crippen LogP contribution in [0.2, 0.25) is 0 Å². The van der Waals surface area contributed by atoms with Crippen LogP contribution in [-0.2, 0) is 13.1 Å². The van der Waals surface area contributed by atoms with Crippen molar-refractivity contribution in [3.63, 3.8) is 0 Å². The predicted octanol–water partition coefficient (Wildman–Crippen LogP) is 3.45. The minimum absolute atomic E-state index is 0. The molecule has 1 N–H and O–H groups in total. The molecular formula is C11H15ClFN3S. The van der Waals surface area contributed by atoms with Gasteiger partial charge in [-0.25, -0.2) is 4.68 Å². The maximum Gasteiger partial charge on any atom is 0.176 e. The van der Waals surface area contributed by atoms with Crippen LogP contribution in [0.1, 0.15) is 17.5 Å². The summed E-state index contributed by atoms with van der Waals surface area (Å²) in [5.74, 6) is 0.980. The standard InChI is InChI=1S/C11H14FN3S.ClH/c1-3-15-11(6-8(2)14-15)13-7-9-4-5-10(12)16-9;/h4-6,13H,3,7H2,1-2H3;1H. The Balaban J connectivity index is 0.00000144. The molecule has 0 spiro atoms. The minimum atomic E-state index is -0.142. The predicted molar refractivity (Wildman–Crippen MR) is 71.5 cm³/mol. The van der Waals surface area contributed by atoms with Crippen LogP contribution in [0.25, 0.3) is 0 Å². The van der Waals surface area contributed by atoms with E-state index in [4.69, 9.17) is 0 Å². The second kappa shape index (κ2) is 6.02. The molecule has 3 nitrogen and oxygen atoms in total. The number of rotatable bonds is 4. The van der Waals surface area contributed by atoms with Gasteiger partial charge in [0.25, 0.3) is 0 Å². The van der Waals surface area contributed by atoms with Crippen molar-refractivity contribution in [1.29, 1.82) is 0 Å². The highest BCUT2D eigenvalue weighted by atomic mass is 35.5. The molecular weight excluding hydrogens is 261 g/mol. The molecule has 2 rings (SSSR count). The third kappa shape index (κ3) is 3.44. The van der Waals surface area contributed by atoms with Crippen LogP contribution in [0.5, 0.6) is 0 Å². The van der Waals surface area contributed by atoms with E-state index in [0.29, 0.717) is 6.54 Å². The van der Waals surface area contributed by atoms with Crippen molar-refractivity contribution in [2.75, 3.05) is 5.32 Å². The Hall–Kier alpha value is -1.07. The smallest absolute Gasteiger partial charge is 0.176 e. The summed E-state index contributed by atoms with van der Waals surface area (Å²) >= 11 is 1.17. The molecule has 0 aliphatic rings. The number of nitrogens with zero attached hydrogens (tertiary/aromatic N) is 2. The van der Waals surface area contributed by atoms with Gasteiger partial charge < -0.3 is 5.32 Å². The van der Waals surface area contributed by atoms with E-state index < -0.39 is 0 Å². The van der Waals surface area contributed by atoms with Gasteiger partial charge in [0.1, 0.15) is 5.82 Å². The molecule has 2 aromatic rings. The topological polar surface area (TPSA) is 29.9 Å². The number of aryl methyl sites for hydroxylation is 2. The summed E-state index contributed by atoms with van der Waals surface area (Å²) in [6.07, 6.45) is 0. The first kappa shape index (κ1) is 14.0. The molecule has 0 aliphatic carbocycles. The van der Waals surface area contributed by atoms with E-state index in [1.54, 1.807) is 6.07 Å². The van der Waals surface area contributed by atoms with Crippen LogP contribution in [0.15, 0.2) is 18.2 Å². The van der Waals surface area contributed by atoms with E-state index in [-0.39, 0.29) is 17.5 Å². The van der Waals surface area contributed by atoms with Crippen molar-refractivity contribution in [1.82, 2.24) is 9.78 Å². The normalized spacial score (nSPS) is 10.1. The van der Waals surface area contributed by atoms with Crippen LogP contribution < -0.4 is 5.32 Å². The maximum absolute atomic E-state index is 12.8. The third-order valence-electron chi connectivity index (χ3n) is 2.27. The summed E-state index contributed by atoms with van der Waals surface area (Å²) in [7, 11) is 0. The molecule has 0 saturated heterocycles. The summed E-state index contributed by atoms with van der Waals surface area (Å²) in [5, 5.41) is 7.45. The van der Waals surface area contributed by atoms with Crippen molar-refractivity contribution in [2.24, 2.45) is 0 Å². The molecule has 0 saturated carbocycles. The Labute approximate surface area is 110 Å². The zero-order valence-corrected chi connectivity index (χ0v) is 11.4. The fourth-order valence-electron chi connectivity index (χ4n) is 1.55. The summed E-state index contributed by atoms with van der Waals surface area (Å²) in [6, 6.07) is 5.28. The van der Waals surface area contributed by atoms with E-state index in [0.717, 1.165) is 22.9 Å². The fraction of sp³-hybridized carbons (Fsp3) is 0.364. The lowest BCUT2D eigenvalue weighted by Crippen LogP contribution is -2.05. The van der Waals surface area contributed by atoms with Gasteiger partial charge in [0.05, 0.1) is 12.2 Å². The van der Waals surface area contributed by atoms with E-state index in [1.165, 1.54) is 17.4 Å². The van der Waals surface area contributed by atoms with Gasteiger partial charge in [0.2, 0.25) is 0 Å². The number of hydrogen-bond donors (Lipinski definition) is 1. The first-order chi connectivity index (χ1) is 7.69. The molecule has 0 aliphatic heterocycles. The first-order valence-electron chi connectivity index (χ1n) is 5.21. The van der Waals surface area contributed by atoms with E-state index in [9.17, 15) is 4.39 Å². The summed E-state index contributed by atoms with van der Waals surface area (Å²) < 4.78 is 14.7. The van der Waals surface area contributed by atoms with Gasteiger partial charge in [-0.15, -0.1) is 23.7 Å². The Kier molecular flexibility index (Phi) is 4.96. The molecule has 0 fully saturated rings. The van der Waals surface area contributed by atoms with E-state index >= 15 is 0 Å². The molecule has 0 radical (unpaired) electrons. The molecule has 94 valence electrons. The van der Waals surface area contributed by atoms with Crippen LogP contribution in [-0.4, -0.2) is 9.78 Å². The molecule has 0 amide bonds. The summed E-state index contributed by atoms with van der Waals surface area (Å²) in [6.45, 7) is 5.47. The fourth-order valence-corrected chi connectivity index (χ4v) is 2.22. The zero-order valence-electron chi connectivity index (χ0n) is 9.74. The van der Waals surface area contributed by atoms with Crippen LogP contribution in [0.4, 0.5) is 10.2 Å². The van der Waals surface area contributed by atoms with Crippen molar-refractivity contribution in [3.8, 4) is 0 Å². The van der Waals surface area contributed by atoms with Crippen LogP contribution in [0.3, 0.4) is 0 Å². The quantitative estimate of drug-likeness (QED) is 0.926. The second-order valence-electron chi connectivity index (χ2n) is 3.55. The highest BCUT2D eigenvalue weighted by Crippen LogP contribution is 2.17. The molecule has 0 bridgehead atoms. The van der Waals surface area contributed by atoms with Gasteiger partial charge in [0, 0.05) is 17.5 Å². The highest BCUT2D eigenvalue weighted by molar-refractivity contribution is 7.10. The van der Waals surface area contributed by atoms with Crippen molar-refractivity contribution >= 4 is 29.6 Å². The van der Waals surface area contributed by atoms with Gasteiger partial charge in [-0.1, -0.05) is 0 Å². The Morgan fingerprint density at radius 1 is 1.47 bits per heavy atom. The van der Waals surface area contributed by atoms with Gasteiger partial charge in [-0.2, -0.15) is 9.49 Å². The number of anilines is 1. The Bertz CT molecular complexity index is 481. The molecule has 2 aromatic heterocycles. The largest absolute Gasteiger partial charge is 0.365 e. The van der Waals surface area contributed by atoms with E-state index in [2.05, 4.69) is 10.4 Å². The van der Waals surface area contributed by atoms with Gasteiger partial charge >= 0.3 is 0 Å². The molecule has 2 heterocycles. The lowest BCUT2D eigenvalue weighted by molar-refractivity contribution is 0.657. The SMILES string of the molecule is CCn1nc(C)cc1NCc1ccc(F)s1.Cl. The number of halogens is 2. The number of aromatic nitrogens is 2. The van der Waals surface area contributed by atoms with E-state index in [1.807, 2.05) is 24.6 Å². The van der Waals surface area contributed by atoms with Gasteiger partial charge in [0.15, 0.2) is 5.13 Å².